The third-order valence-electron chi connectivity index (χ3n) is 3.90. The average Bonchev–Trinajstić information content (AvgIpc) is 2.81. The molecule has 0 aliphatic carbocycles. The Morgan fingerprint density at radius 2 is 2.20 bits per heavy atom. The molecule has 1 aliphatic rings. The van der Waals surface area contributed by atoms with Crippen LogP contribution in [0.4, 0.5) is 5.82 Å². The number of halogens is 1. The van der Waals surface area contributed by atoms with Gasteiger partial charge in [-0.05, 0) is 45.2 Å². The topological polar surface area (TPSA) is 45.2 Å². The van der Waals surface area contributed by atoms with Crippen molar-refractivity contribution < 1.29 is 4.79 Å². The molecule has 2 unspecified atom stereocenters. The fraction of sp³-hybridized carbons (Fsp3) is 0.600. The van der Waals surface area contributed by atoms with Gasteiger partial charge in [-0.3, -0.25) is 4.79 Å². The second-order valence-corrected chi connectivity index (χ2v) is 5.67. The third kappa shape index (κ3) is 2.90. The van der Waals surface area contributed by atoms with Gasteiger partial charge in [0, 0.05) is 18.6 Å². The van der Waals surface area contributed by atoms with Crippen LogP contribution < -0.4 is 5.32 Å². The van der Waals surface area contributed by atoms with Crippen molar-refractivity contribution in [3.63, 3.8) is 0 Å². The summed E-state index contributed by atoms with van der Waals surface area (Å²) in [4.78, 5) is 19.1. The van der Waals surface area contributed by atoms with Gasteiger partial charge in [0.1, 0.15) is 11.5 Å². The molecule has 4 nitrogen and oxygen atoms in total. The van der Waals surface area contributed by atoms with Crippen molar-refractivity contribution in [1.29, 1.82) is 0 Å². The van der Waals surface area contributed by atoms with E-state index < -0.39 is 0 Å². The zero-order valence-electron chi connectivity index (χ0n) is 12.3. The molecule has 5 heteroatoms. The molecule has 1 aromatic heterocycles. The number of amides is 1. The summed E-state index contributed by atoms with van der Waals surface area (Å²) in [5.74, 6) is 0.645. The van der Waals surface area contributed by atoms with E-state index >= 15 is 0 Å². The molecule has 1 fully saturated rings. The highest BCUT2D eigenvalue weighted by molar-refractivity contribution is 6.33. The fourth-order valence-corrected chi connectivity index (χ4v) is 3.02. The van der Waals surface area contributed by atoms with E-state index in [0.29, 0.717) is 22.6 Å². The van der Waals surface area contributed by atoms with E-state index in [1.165, 1.54) is 0 Å². The molecular weight excluding hydrogens is 274 g/mol. The first-order chi connectivity index (χ1) is 9.58. The Labute approximate surface area is 125 Å². The van der Waals surface area contributed by atoms with Gasteiger partial charge in [-0.1, -0.05) is 18.5 Å². The number of nitrogens with one attached hydrogen (secondary N) is 1. The van der Waals surface area contributed by atoms with Gasteiger partial charge in [0.15, 0.2) is 0 Å². The van der Waals surface area contributed by atoms with Gasteiger partial charge in [0.25, 0.3) is 5.91 Å². The van der Waals surface area contributed by atoms with Crippen LogP contribution in [0.5, 0.6) is 0 Å². The van der Waals surface area contributed by atoms with Crippen molar-refractivity contribution in [3.05, 3.63) is 22.8 Å². The van der Waals surface area contributed by atoms with E-state index in [9.17, 15) is 4.79 Å². The predicted molar refractivity (Wildman–Crippen MR) is 82.4 cm³/mol. The summed E-state index contributed by atoms with van der Waals surface area (Å²) in [6.07, 6.45) is 3.09. The van der Waals surface area contributed by atoms with E-state index in [-0.39, 0.29) is 11.9 Å². The Morgan fingerprint density at radius 1 is 1.45 bits per heavy atom. The van der Waals surface area contributed by atoms with Gasteiger partial charge >= 0.3 is 0 Å². The SMILES string of the molecule is CCNc1ccc(Cl)c(C(=O)N2C(C)CCC2CC)n1. The maximum absolute atomic E-state index is 12.8. The number of likely N-dealkylation sites (tertiary alicyclic amines) is 1. The first kappa shape index (κ1) is 15.1. The van der Waals surface area contributed by atoms with E-state index in [0.717, 1.165) is 25.8 Å². The van der Waals surface area contributed by atoms with Crippen molar-refractivity contribution in [3.8, 4) is 0 Å². The average molecular weight is 296 g/mol. The summed E-state index contributed by atoms with van der Waals surface area (Å²) >= 11 is 6.17. The number of pyridine rings is 1. The van der Waals surface area contributed by atoms with Crippen LogP contribution in [-0.4, -0.2) is 34.4 Å². The number of anilines is 1. The van der Waals surface area contributed by atoms with Gasteiger partial charge in [-0.2, -0.15) is 0 Å². The van der Waals surface area contributed by atoms with Crippen LogP contribution >= 0.6 is 11.6 Å². The summed E-state index contributed by atoms with van der Waals surface area (Å²) in [6.45, 7) is 6.97. The molecule has 1 aromatic rings. The van der Waals surface area contributed by atoms with Crippen LogP contribution in [0.3, 0.4) is 0 Å². The van der Waals surface area contributed by atoms with Crippen molar-refractivity contribution in [2.75, 3.05) is 11.9 Å². The smallest absolute Gasteiger partial charge is 0.274 e. The van der Waals surface area contributed by atoms with Gasteiger partial charge in [0.2, 0.25) is 0 Å². The third-order valence-corrected chi connectivity index (χ3v) is 4.20. The molecule has 0 radical (unpaired) electrons. The number of aromatic nitrogens is 1. The van der Waals surface area contributed by atoms with Crippen LogP contribution in [0, 0.1) is 0 Å². The molecule has 0 bridgehead atoms. The Balaban J connectivity index is 2.30. The van der Waals surface area contributed by atoms with Crippen LogP contribution in [0.2, 0.25) is 5.02 Å². The molecule has 0 saturated carbocycles. The van der Waals surface area contributed by atoms with E-state index in [2.05, 4.69) is 24.1 Å². The highest BCUT2D eigenvalue weighted by Crippen LogP contribution is 2.29. The molecule has 1 N–H and O–H groups in total. The quantitative estimate of drug-likeness (QED) is 0.923. The molecule has 20 heavy (non-hydrogen) atoms. The molecule has 1 aliphatic heterocycles. The Hall–Kier alpha value is -1.29. The minimum absolute atomic E-state index is 0.0494. The predicted octanol–water partition coefficient (Wildman–Crippen LogP) is 3.57. The molecule has 110 valence electrons. The zero-order valence-corrected chi connectivity index (χ0v) is 13.1. The summed E-state index contributed by atoms with van der Waals surface area (Å²) in [7, 11) is 0. The molecule has 2 heterocycles. The summed E-state index contributed by atoms with van der Waals surface area (Å²) < 4.78 is 0. The Bertz CT molecular complexity index is 492. The number of hydrogen-bond donors (Lipinski definition) is 1. The number of hydrogen-bond acceptors (Lipinski definition) is 3. The number of carbonyl (C=O) groups is 1. The van der Waals surface area contributed by atoms with Crippen molar-refractivity contribution in [2.24, 2.45) is 0 Å². The summed E-state index contributed by atoms with van der Waals surface area (Å²) in [6, 6.07) is 4.10. The first-order valence-corrected chi connectivity index (χ1v) is 7.69. The lowest BCUT2D eigenvalue weighted by Crippen LogP contribution is -2.40. The Kier molecular flexibility index (Phi) is 4.86. The van der Waals surface area contributed by atoms with Crippen molar-refractivity contribution in [1.82, 2.24) is 9.88 Å². The number of rotatable bonds is 4. The molecule has 0 aromatic carbocycles. The highest BCUT2D eigenvalue weighted by atomic mass is 35.5. The van der Waals surface area contributed by atoms with Gasteiger partial charge in [-0.15, -0.1) is 0 Å². The molecule has 1 saturated heterocycles. The van der Waals surface area contributed by atoms with Crippen LogP contribution in [-0.2, 0) is 0 Å². The minimum atomic E-state index is -0.0494. The largest absolute Gasteiger partial charge is 0.370 e. The summed E-state index contributed by atoms with van der Waals surface area (Å²) in [5.41, 5.74) is 0.359. The summed E-state index contributed by atoms with van der Waals surface area (Å²) in [5, 5.41) is 3.54. The van der Waals surface area contributed by atoms with Gasteiger partial charge < -0.3 is 10.2 Å². The zero-order chi connectivity index (χ0) is 14.7. The van der Waals surface area contributed by atoms with Gasteiger partial charge in [-0.25, -0.2) is 4.98 Å². The lowest BCUT2D eigenvalue weighted by atomic mass is 10.1. The first-order valence-electron chi connectivity index (χ1n) is 7.31. The van der Waals surface area contributed by atoms with Crippen molar-refractivity contribution in [2.45, 2.75) is 52.1 Å². The molecular formula is C15H22ClN3O. The minimum Gasteiger partial charge on any atom is -0.370 e. The Morgan fingerprint density at radius 3 is 2.85 bits per heavy atom. The molecule has 2 rings (SSSR count). The molecule has 0 spiro atoms. The molecule has 1 amide bonds. The standard InChI is InChI=1S/C15H22ClN3O/c1-4-11-7-6-10(3)19(11)15(20)14-12(16)8-9-13(18-14)17-5-2/h8-11H,4-7H2,1-3H3,(H,17,18). The van der Waals surface area contributed by atoms with E-state index in [1.807, 2.05) is 11.8 Å². The lowest BCUT2D eigenvalue weighted by Gasteiger charge is -2.28. The molecule has 2 atom stereocenters. The lowest BCUT2D eigenvalue weighted by molar-refractivity contribution is 0.0670. The van der Waals surface area contributed by atoms with Crippen LogP contribution in [0.25, 0.3) is 0 Å². The highest BCUT2D eigenvalue weighted by Gasteiger charge is 2.35. The van der Waals surface area contributed by atoms with Crippen molar-refractivity contribution >= 4 is 23.3 Å². The van der Waals surface area contributed by atoms with Crippen LogP contribution in [0.15, 0.2) is 12.1 Å². The van der Waals surface area contributed by atoms with Gasteiger partial charge in [0.05, 0.1) is 5.02 Å². The second-order valence-electron chi connectivity index (χ2n) is 5.26. The maximum Gasteiger partial charge on any atom is 0.274 e. The number of carbonyl (C=O) groups excluding carboxylic acids is 1. The maximum atomic E-state index is 12.8. The second kappa shape index (κ2) is 6.44. The fourth-order valence-electron chi connectivity index (χ4n) is 2.83. The van der Waals surface area contributed by atoms with Crippen LogP contribution in [0.1, 0.15) is 50.5 Å². The van der Waals surface area contributed by atoms with E-state index in [1.54, 1.807) is 12.1 Å². The monoisotopic (exact) mass is 295 g/mol. The van der Waals surface area contributed by atoms with E-state index in [4.69, 9.17) is 11.6 Å². The normalized spacial score (nSPS) is 22.1. The number of nitrogens with zero attached hydrogens (tertiary/aromatic N) is 2.